The third kappa shape index (κ3) is 6.74. The molecule has 0 radical (unpaired) electrons. The van der Waals surface area contributed by atoms with Crippen LogP contribution >= 0.6 is 15.9 Å². The number of nitrogens with one attached hydrogen (secondary N) is 2. The largest absolute Gasteiger partial charge is 0.497 e. The summed E-state index contributed by atoms with van der Waals surface area (Å²) in [5.74, 6) is 0.665. The average molecular weight is 434 g/mol. The highest BCUT2D eigenvalue weighted by Gasteiger charge is 2.07. The number of methoxy groups -OCH3 is 2. The van der Waals surface area contributed by atoms with Gasteiger partial charge in [-0.15, -0.1) is 0 Å². The highest BCUT2D eigenvalue weighted by molar-refractivity contribution is 9.10. The van der Waals surface area contributed by atoms with Crippen LogP contribution in [0.1, 0.15) is 11.1 Å². The maximum absolute atomic E-state index is 11.9. The quantitative estimate of drug-likeness (QED) is 0.493. The standard InChI is InChI=1S/C19H20BrN3O4/c1-26-16-6-3-13(4-7-16)9-18(24)21-12-19(25)23-22-11-14-10-15(20)5-8-17(14)27-2/h3-8,10-11H,9,12H2,1-2H3,(H,21,24)(H,23,25)/b22-11+. The second kappa shape index (κ2) is 10.3. The second-order valence-corrected chi connectivity index (χ2v) is 6.40. The van der Waals surface area contributed by atoms with Crippen LogP contribution in [0.5, 0.6) is 11.5 Å². The van der Waals surface area contributed by atoms with E-state index >= 15 is 0 Å². The van der Waals surface area contributed by atoms with Crippen molar-refractivity contribution >= 4 is 34.0 Å². The van der Waals surface area contributed by atoms with E-state index in [1.54, 1.807) is 44.6 Å². The Bertz CT molecular complexity index is 822. The smallest absolute Gasteiger partial charge is 0.259 e. The van der Waals surface area contributed by atoms with E-state index in [2.05, 4.69) is 31.8 Å². The van der Waals surface area contributed by atoms with Gasteiger partial charge in [0.2, 0.25) is 5.91 Å². The molecule has 0 saturated heterocycles. The topological polar surface area (TPSA) is 89.0 Å². The van der Waals surface area contributed by atoms with Crippen molar-refractivity contribution in [2.45, 2.75) is 6.42 Å². The van der Waals surface area contributed by atoms with E-state index in [-0.39, 0.29) is 18.9 Å². The lowest BCUT2D eigenvalue weighted by Crippen LogP contribution is -2.35. The van der Waals surface area contributed by atoms with E-state index < -0.39 is 5.91 Å². The number of amides is 2. The fourth-order valence-electron chi connectivity index (χ4n) is 2.19. The Morgan fingerprint density at radius 1 is 1.07 bits per heavy atom. The van der Waals surface area contributed by atoms with Crippen molar-refractivity contribution in [1.82, 2.24) is 10.7 Å². The number of carbonyl (C=O) groups is 2. The number of hydrazone groups is 1. The zero-order valence-corrected chi connectivity index (χ0v) is 16.6. The third-order valence-corrected chi connectivity index (χ3v) is 4.05. The minimum absolute atomic E-state index is 0.165. The lowest BCUT2D eigenvalue weighted by atomic mass is 10.1. The fraction of sp³-hybridized carbons (Fsp3) is 0.211. The first-order valence-corrected chi connectivity index (χ1v) is 8.86. The summed E-state index contributed by atoms with van der Waals surface area (Å²) in [6.07, 6.45) is 1.65. The van der Waals surface area contributed by atoms with Crippen molar-refractivity contribution in [2.75, 3.05) is 20.8 Å². The van der Waals surface area contributed by atoms with Gasteiger partial charge in [0.15, 0.2) is 0 Å². The minimum Gasteiger partial charge on any atom is -0.497 e. The molecule has 0 saturated carbocycles. The Hall–Kier alpha value is -2.87. The van der Waals surface area contributed by atoms with Gasteiger partial charge >= 0.3 is 0 Å². The summed E-state index contributed by atoms with van der Waals surface area (Å²) in [6.45, 7) is -0.165. The molecule has 8 heteroatoms. The lowest BCUT2D eigenvalue weighted by Gasteiger charge is -2.06. The van der Waals surface area contributed by atoms with Crippen LogP contribution in [0.3, 0.4) is 0 Å². The summed E-state index contributed by atoms with van der Waals surface area (Å²) in [4.78, 5) is 23.7. The van der Waals surface area contributed by atoms with Gasteiger partial charge in [-0.3, -0.25) is 9.59 Å². The number of benzene rings is 2. The number of nitrogens with zero attached hydrogens (tertiary/aromatic N) is 1. The molecule has 7 nitrogen and oxygen atoms in total. The molecule has 0 spiro atoms. The molecule has 27 heavy (non-hydrogen) atoms. The van der Waals surface area contributed by atoms with Crippen LogP contribution in [0.4, 0.5) is 0 Å². The number of halogens is 1. The Morgan fingerprint density at radius 3 is 2.48 bits per heavy atom. The van der Waals surface area contributed by atoms with Crippen molar-refractivity contribution in [2.24, 2.45) is 5.10 Å². The van der Waals surface area contributed by atoms with Gasteiger partial charge in [0.05, 0.1) is 33.4 Å². The molecule has 2 rings (SSSR count). The molecule has 2 amide bonds. The van der Waals surface area contributed by atoms with Crippen LogP contribution < -0.4 is 20.2 Å². The van der Waals surface area contributed by atoms with E-state index in [9.17, 15) is 9.59 Å². The van der Waals surface area contributed by atoms with Gasteiger partial charge in [0, 0.05) is 10.0 Å². The number of carbonyl (C=O) groups excluding carboxylic acids is 2. The van der Waals surface area contributed by atoms with Crippen molar-refractivity contribution in [3.63, 3.8) is 0 Å². The number of rotatable bonds is 8. The van der Waals surface area contributed by atoms with Crippen LogP contribution in [0, 0.1) is 0 Å². The van der Waals surface area contributed by atoms with Gasteiger partial charge in [0.1, 0.15) is 11.5 Å². The molecule has 0 unspecified atom stereocenters. The third-order valence-electron chi connectivity index (χ3n) is 3.55. The van der Waals surface area contributed by atoms with E-state index in [1.165, 1.54) is 6.21 Å². The van der Waals surface area contributed by atoms with Crippen LogP contribution in [0.25, 0.3) is 0 Å². The summed E-state index contributed by atoms with van der Waals surface area (Å²) in [5, 5.41) is 6.43. The van der Waals surface area contributed by atoms with E-state index in [4.69, 9.17) is 9.47 Å². The van der Waals surface area contributed by atoms with Gasteiger partial charge in [0.25, 0.3) is 5.91 Å². The molecular weight excluding hydrogens is 414 g/mol. The van der Waals surface area contributed by atoms with Gasteiger partial charge in [-0.2, -0.15) is 5.10 Å². The van der Waals surface area contributed by atoms with E-state index in [0.717, 1.165) is 15.8 Å². The molecule has 142 valence electrons. The minimum atomic E-state index is -0.428. The van der Waals surface area contributed by atoms with E-state index in [0.29, 0.717) is 11.3 Å². The van der Waals surface area contributed by atoms with Crippen LogP contribution in [0.15, 0.2) is 52.0 Å². The summed E-state index contributed by atoms with van der Waals surface area (Å²) in [6, 6.07) is 12.6. The first-order chi connectivity index (χ1) is 13.0. The predicted octanol–water partition coefficient (Wildman–Crippen LogP) is 2.28. The normalized spacial score (nSPS) is 10.5. The molecule has 0 bridgehead atoms. The fourth-order valence-corrected chi connectivity index (χ4v) is 2.57. The molecule has 2 N–H and O–H groups in total. The van der Waals surface area contributed by atoms with Crippen LogP contribution in [-0.4, -0.2) is 38.8 Å². The van der Waals surface area contributed by atoms with Crippen LogP contribution in [-0.2, 0) is 16.0 Å². The summed E-state index contributed by atoms with van der Waals surface area (Å²) < 4.78 is 11.1. The molecule has 0 aromatic heterocycles. The van der Waals surface area contributed by atoms with Crippen LogP contribution in [0.2, 0.25) is 0 Å². The molecule has 0 atom stereocenters. The Kier molecular flexibility index (Phi) is 7.81. The first kappa shape index (κ1) is 20.4. The Balaban J connectivity index is 1.78. The highest BCUT2D eigenvalue weighted by atomic mass is 79.9. The summed E-state index contributed by atoms with van der Waals surface area (Å²) >= 11 is 3.36. The van der Waals surface area contributed by atoms with E-state index in [1.807, 2.05) is 12.1 Å². The zero-order chi connectivity index (χ0) is 19.6. The van der Waals surface area contributed by atoms with Crippen molar-refractivity contribution < 1.29 is 19.1 Å². The molecule has 2 aromatic rings. The molecule has 0 aliphatic carbocycles. The molecule has 0 aliphatic rings. The Labute approximate surface area is 165 Å². The van der Waals surface area contributed by atoms with Gasteiger partial charge in [-0.05, 0) is 35.9 Å². The van der Waals surface area contributed by atoms with Crippen molar-refractivity contribution in [3.05, 3.63) is 58.1 Å². The molecular formula is C19H20BrN3O4. The average Bonchev–Trinajstić information content (AvgIpc) is 2.67. The zero-order valence-electron chi connectivity index (χ0n) is 15.0. The first-order valence-electron chi connectivity index (χ1n) is 8.07. The number of hydrogen-bond acceptors (Lipinski definition) is 5. The van der Waals surface area contributed by atoms with Gasteiger partial charge in [-0.25, -0.2) is 5.43 Å². The molecule has 0 aliphatic heterocycles. The summed E-state index contributed by atoms with van der Waals surface area (Å²) in [7, 11) is 3.13. The molecule has 2 aromatic carbocycles. The van der Waals surface area contributed by atoms with Gasteiger partial charge in [-0.1, -0.05) is 28.1 Å². The van der Waals surface area contributed by atoms with Gasteiger partial charge < -0.3 is 14.8 Å². The predicted molar refractivity (Wildman–Crippen MR) is 106 cm³/mol. The monoisotopic (exact) mass is 433 g/mol. The SMILES string of the molecule is COc1ccc(CC(=O)NCC(=O)N/N=C/c2cc(Br)ccc2OC)cc1. The lowest BCUT2D eigenvalue weighted by molar-refractivity contribution is -0.125. The maximum Gasteiger partial charge on any atom is 0.259 e. The number of ether oxygens (including phenoxy) is 2. The summed E-state index contributed by atoms with van der Waals surface area (Å²) in [5.41, 5.74) is 3.90. The molecule has 0 fully saturated rings. The van der Waals surface area contributed by atoms with Crippen molar-refractivity contribution in [3.8, 4) is 11.5 Å². The molecule has 0 heterocycles. The van der Waals surface area contributed by atoms with Crippen molar-refractivity contribution in [1.29, 1.82) is 0 Å². The Morgan fingerprint density at radius 2 is 1.81 bits per heavy atom. The number of hydrogen-bond donors (Lipinski definition) is 2. The second-order valence-electron chi connectivity index (χ2n) is 5.48. The maximum atomic E-state index is 11.9. The highest BCUT2D eigenvalue weighted by Crippen LogP contribution is 2.21.